The maximum atomic E-state index is 13.9. The number of carbonyl (C=O) groups is 1. The number of pyridine rings is 1. The van der Waals surface area contributed by atoms with Crippen LogP contribution in [0.4, 0.5) is 4.39 Å². The van der Waals surface area contributed by atoms with Crippen molar-refractivity contribution in [2.24, 2.45) is 0 Å². The van der Waals surface area contributed by atoms with Crippen molar-refractivity contribution >= 4 is 16.8 Å². The smallest absolute Gasteiger partial charge is 0.222 e. The number of hydrogen-bond acceptors (Lipinski definition) is 3. The van der Waals surface area contributed by atoms with E-state index in [1.807, 2.05) is 36.9 Å². The molecule has 2 aromatic heterocycles. The number of nitrogens with zero attached hydrogens (tertiary/aromatic N) is 2. The van der Waals surface area contributed by atoms with Gasteiger partial charge >= 0.3 is 0 Å². The fourth-order valence-corrected chi connectivity index (χ4v) is 4.16. The van der Waals surface area contributed by atoms with Gasteiger partial charge in [-0.1, -0.05) is 6.07 Å². The minimum Gasteiger partial charge on any atom is -0.372 e. The predicted molar refractivity (Wildman–Crippen MR) is 111 cm³/mol. The zero-order chi connectivity index (χ0) is 20.4. The number of aryl methyl sites for hydroxylation is 1. The van der Waals surface area contributed by atoms with Crippen molar-refractivity contribution in [3.05, 3.63) is 54.0 Å². The van der Waals surface area contributed by atoms with Crippen LogP contribution in [0, 0.1) is 5.82 Å². The summed E-state index contributed by atoms with van der Waals surface area (Å²) in [5.74, 6) is -0.116. The molecule has 1 aliphatic rings. The van der Waals surface area contributed by atoms with E-state index in [-0.39, 0.29) is 23.9 Å². The topological polar surface area (TPSA) is 58.2 Å². The van der Waals surface area contributed by atoms with E-state index in [1.165, 1.54) is 6.07 Å². The Labute approximate surface area is 169 Å². The summed E-state index contributed by atoms with van der Waals surface area (Å²) in [7, 11) is 0. The van der Waals surface area contributed by atoms with Crippen LogP contribution in [0.5, 0.6) is 0 Å². The van der Waals surface area contributed by atoms with Gasteiger partial charge in [-0.15, -0.1) is 0 Å². The van der Waals surface area contributed by atoms with Crippen LogP contribution in [0.15, 0.2) is 42.6 Å². The molecule has 1 aliphatic heterocycles. The van der Waals surface area contributed by atoms with Crippen LogP contribution in [-0.2, 0) is 16.0 Å². The first-order chi connectivity index (χ1) is 14.0. The third-order valence-corrected chi connectivity index (χ3v) is 5.38. The summed E-state index contributed by atoms with van der Waals surface area (Å²) >= 11 is 0. The lowest BCUT2D eigenvalue weighted by atomic mass is 10.0. The van der Waals surface area contributed by atoms with Crippen molar-refractivity contribution in [3.8, 4) is 11.4 Å². The van der Waals surface area contributed by atoms with Gasteiger partial charge in [0, 0.05) is 36.6 Å². The summed E-state index contributed by atoms with van der Waals surface area (Å²) in [5, 5.41) is 0.853. The Morgan fingerprint density at radius 3 is 2.76 bits per heavy atom. The molecule has 2 unspecified atom stereocenters. The van der Waals surface area contributed by atoms with E-state index in [2.05, 4.69) is 9.97 Å². The van der Waals surface area contributed by atoms with Gasteiger partial charge in [-0.2, -0.15) is 0 Å². The molecular weight excluding hydrogens is 369 g/mol. The Morgan fingerprint density at radius 1 is 1.24 bits per heavy atom. The highest BCUT2D eigenvalue weighted by Gasteiger charge is 2.25. The van der Waals surface area contributed by atoms with E-state index >= 15 is 0 Å². The molecule has 1 N–H and O–H groups in total. The Bertz CT molecular complexity index is 992. The Balaban J connectivity index is 1.53. The second-order valence-electron chi connectivity index (χ2n) is 7.79. The molecule has 2 atom stereocenters. The molecule has 4 rings (SSSR count). The quantitative estimate of drug-likeness (QED) is 0.700. The molecule has 0 saturated carbocycles. The summed E-state index contributed by atoms with van der Waals surface area (Å²) in [6, 6.07) is 10.5. The van der Waals surface area contributed by atoms with Crippen LogP contribution in [0.2, 0.25) is 0 Å². The second-order valence-corrected chi connectivity index (χ2v) is 7.79. The first-order valence-electron chi connectivity index (χ1n) is 10.2. The van der Waals surface area contributed by atoms with Gasteiger partial charge in [0.05, 0.1) is 23.6 Å². The molecule has 0 radical (unpaired) electrons. The summed E-state index contributed by atoms with van der Waals surface area (Å²) in [6.07, 6.45) is 3.71. The zero-order valence-corrected chi connectivity index (χ0v) is 16.8. The molecule has 0 aliphatic carbocycles. The Morgan fingerprint density at radius 2 is 2.03 bits per heavy atom. The van der Waals surface area contributed by atoms with Gasteiger partial charge in [-0.05, 0) is 62.6 Å². The fourth-order valence-electron chi connectivity index (χ4n) is 4.16. The molecule has 1 saturated heterocycles. The highest BCUT2D eigenvalue weighted by atomic mass is 19.1. The number of benzene rings is 1. The number of carbonyl (C=O) groups excluding carboxylic acids is 1. The first-order valence-corrected chi connectivity index (χ1v) is 10.2. The number of ether oxygens (including phenoxy) is 1. The average molecular weight is 395 g/mol. The lowest BCUT2D eigenvalue weighted by Gasteiger charge is -2.35. The molecule has 0 bridgehead atoms. The number of H-pyrrole nitrogens is 1. The molecule has 5 nitrogen and oxygen atoms in total. The van der Waals surface area contributed by atoms with Crippen LogP contribution >= 0.6 is 0 Å². The van der Waals surface area contributed by atoms with Crippen LogP contribution < -0.4 is 0 Å². The van der Waals surface area contributed by atoms with Crippen molar-refractivity contribution in [3.63, 3.8) is 0 Å². The van der Waals surface area contributed by atoms with Gasteiger partial charge in [-0.3, -0.25) is 9.78 Å². The molecule has 6 heteroatoms. The molecule has 0 spiro atoms. The minimum absolute atomic E-state index is 0.0649. The highest BCUT2D eigenvalue weighted by molar-refractivity contribution is 5.90. The van der Waals surface area contributed by atoms with E-state index < -0.39 is 0 Å². The maximum absolute atomic E-state index is 13.9. The second kappa shape index (κ2) is 8.33. The Hall–Kier alpha value is -2.73. The van der Waals surface area contributed by atoms with Crippen molar-refractivity contribution in [2.45, 2.75) is 45.3 Å². The van der Waals surface area contributed by atoms with Crippen molar-refractivity contribution in [1.82, 2.24) is 14.9 Å². The first kappa shape index (κ1) is 19.6. The van der Waals surface area contributed by atoms with Gasteiger partial charge in [-0.25, -0.2) is 4.39 Å². The van der Waals surface area contributed by atoms with E-state index in [9.17, 15) is 9.18 Å². The molecule has 1 amide bonds. The summed E-state index contributed by atoms with van der Waals surface area (Å²) in [5.41, 5.74) is 3.60. The number of hydrogen-bond donors (Lipinski definition) is 1. The molecule has 3 aromatic rings. The number of morpholine rings is 1. The molecule has 29 heavy (non-hydrogen) atoms. The third-order valence-electron chi connectivity index (χ3n) is 5.38. The maximum Gasteiger partial charge on any atom is 0.222 e. The number of fused-ring (bicyclic) bond motifs is 1. The monoisotopic (exact) mass is 395 g/mol. The van der Waals surface area contributed by atoms with Crippen molar-refractivity contribution < 1.29 is 13.9 Å². The highest BCUT2D eigenvalue weighted by Crippen LogP contribution is 2.31. The molecular formula is C23H26FN3O2. The summed E-state index contributed by atoms with van der Waals surface area (Å²) in [4.78, 5) is 22.4. The summed E-state index contributed by atoms with van der Waals surface area (Å²) < 4.78 is 19.6. The third kappa shape index (κ3) is 4.32. The van der Waals surface area contributed by atoms with Crippen molar-refractivity contribution in [2.75, 3.05) is 13.1 Å². The number of nitrogens with one attached hydrogen (secondary N) is 1. The van der Waals surface area contributed by atoms with Crippen LogP contribution in [-0.4, -0.2) is 46.1 Å². The number of aromatic nitrogens is 2. The molecule has 1 fully saturated rings. The largest absolute Gasteiger partial charge is 0.372 e. The van der Waals surface area contributed by atoms with Crippen LogP contribution in [0.3, 0.4) is 0 Å². The van der Waals surface area contributed by atoms with Gasteiger partial charge in [0.2, 0.25) is 5.91 Å². The van der Waals surface area contributed by atoms with Crippen molar-refractivity contribution in [1.29, 1.82) is 0 Å². The molecule has 152 valence electrons. The normalized spacial score (nSPS) is 19.6. The van der Waals surface area contributed by atoms with Crippen LogP contribution in [0.25, 0.3) is 22.3 Å². The average Bonchev–Trinajstić information content (AvgIpc) is 3.05. The zero-order valence-electron chi connectivity index (χ0n) is 16.8. The molecule has 1 aromatic carbocycles. The number of aromatic amines is 1. The summed E-state index contributed by atoms with van der Waals surface area (Å²) in [6.45, 7) is 5.27. The van der Waals surface area contributed by atoms with Gasteiger partial charge < -0.3 is 14.6 Å². The van der Waals surface area contributed by atoms with Gasteiger partial charge in [0.25, 0.3) is 0 Å². The SMILES string of the molecule is CC1CN(C(=O)CCCc2c(-c3ccccn3)[nH]c3ccc(F)cc23)CC(C)O1. The number of halogens is 1. The van der Waals surface area contributed by atoms with Gasteiger partial charge in [0.1, 0.15) is 5.82 Å². The van der Waals surface area contributed by atoms with Gasteiger partial charge in [0.15, 0.2) is 0 Å². The number of rotatable bonds is 5. The van der Waals surface area contributed by atoms with E-state index in [4.69, 9.17) is 4.74 Å². The van der Waals surface area contributed by atoms with E-state index in [0.717, 1.165) is 27.9 Å². The van der Waals surface area contributed by atoms with Crippen LogP contribution in [0.1, 0.15) is 32.3 Å². The standard InChI is InChI=1S/C23H26FN3O2/c1-15-13-27(14-16(2)29-15)22(28)8-5-6-18-19-12-17(24)9-10-20(19)26-23(18)21-7-3-4-11-25-21/h3-4,7,9-12,15-16,26H,5-6,8,13-14H2,1-2H3. The fraction of sp³-hybridized carbons (Fsp3) is 0.391. The molecule has 3 heterocycles. The van der Waals surface area contributed by atoms with E-state index in [1.54, 1.807) is 18.3 Å². The lowest BCUT2D eigenvalue weighted by molar-refractivity contribution is -0.143. The Kier molecular flexibility index (Phi) is 5.62. The van der Waals surface area contributed by atoms with E-state index in [0.29, 0.717) is 32.4 Å². The lowest BCUT2D eigenvalue weighted by Crippen LogP contribution is -2.48. The minimum atomic E-state index is -0.266. The predicted octanol–water partition coefficient (Wildman–Crippen LogP) is 4.33. The number of amides is 1.